The minimum absolute atomic E-state index is 0.0209. The summed E-state index contributed by atoms with van der Waals surface area (Å²) in [6, 6.07) is 9.81. The Morgan fingerprint density at radius 2 is 1.78 bits per heavy atom. The molecule has 174 valence electrons. The van der Waals surface area contributed by atoms with Gasteiger partial charge in [0.15, 0.2) is 0 Å². The van der Waals surface area contributed by atoms with Crippen molar-refractivity contribution in [1.29, 1.82) is 0 Å². The highest BCUT2D eigenvalue weighted by atomic mass is 32.1. The lowest BCUT2D eigenvalue weighted by molar-refractivity contribution is -0.123. The summed E-state index contributed by atoms with van der Waals surface area (Å²) in [5.74, 6) is -2.14. The van der Waals surface area contributed by atoms with Crippen LogP contribution in [0.3, 0.4) is 0 Å². The van der Waals surface area contributed by atoms with E-state index in [-0.39, 0.29) is 31.3 Å². The summed E-state index contributed by atoms with van der Waals surface area (Å²) in [5.41, 5.74) is -0.356. The van der Waals surface area contributed by atoms with Crippen LogP contribution in [0.2, 0.25) is 0 Å². The first kappa shape index (κ1) is 25.3. The topological polar surface area (TPSA) is 96.5 Å². The molecule has 7 nitrogen and oxygen atoms in total. The van der Waals surface area contributed by atoms with Gasteiger partial charge in [0.25, 0.3) is 0 Å². The molecule has 2 aromatic rings. The van der Waals surface area contributed by atoms with Gasteiger partial charge in [0, 0.05) is 37.4 Å². The number of carbonyl (C=O) groups excluding carboxylic acids is 3. The van der Waals surface area contributed by atoms with Gasteiger partial charge in [-0.2, -0.15) is 0 Å². The van der Waals surface area contributed by atoms with Gasteiger partial charge < -0.3 is 20.7 Å². The zero-order valence-corrected chi connectivity index (χ0v) is 19.6. The van der Waals surface area contributed by atoms with Crippen molar-refractivity contribution >= 4 is 29.2 Å². The molecule has 0 unspecified atom stereocenters. The van der Waals surface area contributed by atoms with E-state index in [1.54, 1.807) is 46.0 Å². The Morgan fingerprint density at radius 3 is 2.38 bits per heavy atom. The summed E-state index contributed by atoms with van der Waals surface area (Å²) in [4.78, 5) is 37.8. The number of halogens is 1. The molecule has 2 atom stereocenters. The van der Waals surface area contributed by atoms with Crippen molar-refractivity contribution in [3.8, 4) is 0 Å². The molecule has 0 saturated heterocycles. The van der Waals surface area contributed by atoms with Crippen LogP contribution in [0.5, 0.6) is 0 Å². The van der Waals surface area contributed by atoms with Gasteiger partial charge in [-0.05, 0) is 43.8 Å². The zero-order valence-electron chi connectivity index (χ0n) is 18.7. The fourth-order valence-corrected chi connectivity index (χ4v) is 3.94. The average Bonchev–Trinajstić information content (AvgIpc) is 3.24. The molecule has 1 heterocycles. The van der Waals surface area contributed by atoms with Crippen LogP contribution < -0.4 is 16.0 Å². The largest absolute Gasteiger partial charge is 0.444 e. The Bertz CT molecular complexity index is 912. The first-order valence-electron chi connectivity index (χ1n) is 10.3. The maximum atomic E-state index is 14.4. The molecule has 0 aliphatic rings. The van der Waals surface area contributed by atoms with Crippen LogP contribution in [0.25, 0.3) is 0 Å². The minimum atomic E-state index is -0.675. The van der Waals surface area contributed by atoms with Gasteiger partial charge in [-0.25, -0.2) is 9.18 Å². The Morgan fingerprint density at radius 1 is 1.06 bits per heavy atom. The Balaban J connectivity index is 2.06. The van der Waals surface area contributed by atoms with E-state index in [1.165, 1.54) is 17.4 Å². The smallest absolute Gasteiger partial charge is 0.407 e. The van der Waals surface area contributed by atoms with Crippen LogP contribution in [0.15, 0.2) is 41.8 Å². The van der Waals surface area contributed by atoms with Gasteiger partial charge in [0.1, 0.15) is 11.4 Å². The van der Waals surface area contributed by atoms with E-state index in [9.17, 15) is 18.8 Å². The van der Waals surface area contributed by atoms with Gasteiger partial charge >= 0.3 is 6.09 Å². The van der Waals surface area contributed by atoms with Crippen LogP contribution in [0.4, 0.5) is 9.18 Å². The maximum Gasteiger partial charge on any atom is 0.407 e. The molecule has 0 radical (unpaired) electrons. The second kappa shape index (κ2) is 11.6. The summed E-state index contributed by atoms with van der Waals surface area (Å²) in [6.45, 7) is 5.36. The third kappa shape index (κ3) is 7.96. The fourth-order valence-electron chi connectivity index (χ4n) is 3.12. The Kier molecular flexibility index (Phi) is 9.19. The summed E-state index contributed by atoms with van der Waals surface area (Å²) in [5, 5.41) is 9.86. The second-order valence-electron chi connectivity index (χ2n) is 8.29. The van der Waals surface area contributed by atoms with Crippen molar-refractivity contribution in [3.05, 3.63) is 58.0 Å². The van der Waals surface area contributed by atoms with Crippen molar-refractivity contribution in [2.75, 3.05) is 20.1 Å². The first-order chi connectivity index (χ1) is 15.1. The quantitative estimate of drug-likeness (QED) is 0.530. The lowest BCUT2D eigenvalue weighted by atomic mass is 9.94. The molecule has 0 aliphatic heterocycles. The van der Waals surface area contributed by atoms with Crippen molar-refractivity contribution in [2.24, 2.45) is 0 Å². The predicted octanol–water partition coefficient (Wildman–Crippen LogP) is 3.53. The van der Waals surface area contributed by atoms with Gasteiger partial charge in [0.05, 0.1) is 5.92 Å². The number of alkyl carbamates (subject to hydrolysis) is 1. The van der Waals surface area contributed by atoms with Crippen LogP contribution in [0.1, 0.15) is 49.5 Å². The normalized spacial score (nSPS) is 13.0. The van der Waals surface area contributed by atoms with E-state index in [4.69, 9.17) is 4.74 Å². The summed E-state index contributed by atoms with van der Waals surface area (Å²) < 4.78 is 19.6. The molecule has 0 bridgehead atoms. The molecule has 0 aliphatic carbocycles. The molecule has 0 fully saturated rings. The molecule has 3 amide bonds. The number of nitrogens with one attached hydrogen (secondary N) is 3. The van der Waals surface area contributed by atoms with Crippen LogP contribution >= 0.6 is 11.3 Å². The number of benzene rings is 1. The molecule has 32 heavy (non-hydrogen) atoms. The highest BCUT2D eigenvalue weighted by molar-refractivity contribution is 7.10. The lowest BCUT2D eigenvalue weighted by Crippen LogP contribution is -2.38. The van der Waals surface area contributed by atoms with Gasteiger partial charge in [-0.15, -0.1) is 11.3 Å². The number of thiophene rings is 1. The van der Waals surface area contributed by atoms with E-state index < -0.39 is 29.3 Å². The lowest BCUT2D eigenvalue weighted by Gasteiger charge is -2.22. The minimum Gasteiger partial charge on any atom is -0.444 e. The van der Waals surface area contributed by atoms with E-state index in [2.05, 4.69) is 16.0 Å². The van der Waals surface area contributed by atoms with Gasteiger partial charge in [-0.3, -0.25) is 9.59 Å². The van der Waals surface area contributed by atoms with Crippen molar-refractivity contribution in [1.82, 2.24) is 16.0 Å². The number of ether oxygens (including phenoxy) is 1. The highest BCUT2D eigenvalue weighted by Crippen LogP contribution is 2.24. The average molecular weight is 464 g/mol. The number of rotatable bonds is 9. The van der Waals surface area contributed by atoms with Gasteiger partial charge in [-0.1, -0.05) is 24.3 Å². The van der Waals surface area contributed by atoms with E-state index in [0.717, 1.165) is 4.88 Å². The van der Waals surface area contributed by atoms with Crippen molar-refractivity contribution in [3.63, 3.8) is 0 Å². The first-order valence-corrected chi connectivity index (χ1v) is 11.2. The Hall–Kier alpha value is -2.94. The SMILES string of the molecule is CNC(=O)[C@@H](CNC(=O)C[C@@H](CNC(=O)OC(C)(C)C)c1ccccc1F)c1cccs1. The molecule has 9 heteroatoms. The predicted molar refractivity (Wildman–Crippen MR) is 122 cm³/mol. The van der Waals surface area contributed by atoms with Crippen molar-refractivity contribution < 1.29 is 23.5 Å². The monoisotopic (exact) mass is 463 g/mol. The second-order valence-corrected chi connectivity index (χ2v) is 9.27. The molecule has 2 rings (SSSR count). The van der Waals surface area contributed by atoms with Crippen LogP contribution in [0, 0.1) is 5.82 Å². The van der Waals surface area contributed by atoms with E-state index in [0.29, 0.717) is 5.56 Å². The highest BCUT2D eigenvalue weighted by Gasteiger charge is 2.25. The summed E-state index contributed by atoms with van der Waals surface area (Å²) in [6.07, 6.45) is -0.710. The molecular formula is C23H30FN3O4S. The molecule has 0 saturated carbocycles. The van der Waals surface area contributed by atoms with Crippen LogP contribution in [-0.4, -0.2) is 43.6 Å². The van der Waals surface area contributed by atoms with E-state index >= 15 is 0 Å². The van der Waals surface area contributed by atoms with Crippen molar-refractivity contribution in [2.45, 2.75) is 44.6 Å². The number of hydrogen-bond acceptors (Lipinski definition) is 5. The summed E-state index contributed by atoms with van der Waals surface area (Å²) in [7, 11) is 1.54. The number of likely N-dealkylation sites (N-methyl/N-ethyl adjacent to an activating group) is 1. The molecule has 0 spiro atoms. The number of carbonyl (C=O) groups is 3. The van der Waals surface area contributed by atoms with E-state index in [1.807, 2.05) is 17.5 Å². The molecular weight excluding hydrogens is 433 g/mol. The number of amides is 3. The molecule has 1 aromatic carbocycles. The molecule has 1 aromatic heterocycles. The number of hydrogen-bond donors (Lipinski definition) is 3. The standard InChI is InChI=1S/C23H30FN3O4S/c1-23(2,3)31-22(30)27-13-15(16-8-5-6-9-18(16)24)12-20(28)26-14-17(21(29)25-4)19-10-7-11-32-19/h5-11,15,17H,12-14H2,1-4H3,(H,25,29)(H,26,28)(H,27,30)/t15-,17-/m0/s1. The summed E-state index contributed by atoms with van der Waals surface area (Å²) >= 11 is 1.43. The maximum absolute atomic E-state index is 14.4. The fraction of sp³-hybridized carbons (Fsp3) is 0.435. The van der Waals surface area contributed by atoms with Crippen LogP contribution in [-0.2, 0) is 14.3 Å². The third-order valence-corrected chi connectivity index (χ3v) is 5.61. The molecule has 3 N–H and O–H groups in total. The third-order valence-electron chi connectivity index (χ3n) is 4.62. The zero-order chi connectivity index (χ0) is 23.7. The Labute approximate surface area is 191 Å². The van der Waals surface area contributed by atoms with Gasteiger partial charge in [0.2, 0.25) is 11.8 Å².